The van der Waals surface area contributed by atoms with Crippen LogP contribution in [-0.4, -0.2) is 28.2 Å². The maximum Gasteiger partial charge on any atom is 0.229 e. The molecule has 5 heteroatoms. The van der Waals surface area contributed by atoms with E-state index in [1.807, 2.05) is 12.1 Å². The van der Waals surface area contributed by atoms with Gasteiger partial charge in [0.15, 0.2) is 0 Å². The largest absolute Gasteiger partial charge is 0.508 e. The third-order valence-corrected chi connectivity index (χ3v) is 3.48. The van der Waals surface area contributed by atoms with E-state index in [1.54, 1.807) is 12.1 Å². The number of aromatic nitrogens is 2. The lowest BCUT2D eigenvalue weighted by molar-refractivity contribution is 0.475. The predicted molar refractivity (Wildman–Crippen MR) is 91.0 cm³/mol. The van der Waals surface area contributed by atoms with E-state index < -0.39 is 0 Å². The lowest BCUT2D eigenvalue weighted by Crippen LogP contribution is -2.23. The van der Waals surface area contributed by atoms with Crippen LogP contribution in [0.2, 0.25) is 0 Å². The van der Waals surface area contributed by atoms with Gasteiger partial charge in [0.2, 0.25) is 5.95 Å². The summed E-state index contributed by atoms with van der Waals surface area (Å²) < 4.78 is 0. The van der Waals surface area contributed by atoms with E-state index in [4.69, 9.17) is 0 Å². The Kier molecular flexibility index (Phi) is 5.58. The Morgan fingerprint density at radius 3 is 2.32 bits per heavy atom. The number of phenols is 1. The highest BCUT2D eigenvalue weighted by Gasteiger charge is 2.09. The molecule has 0 aliphatic heterocycles. The van der Waals surface area contributed by atoms with Gasteiger partial charge in [-0.05, 0) is 44.5 Å². The SMILES string of the molecule is CCCc1cc(N(CC)CC)nc(Nc2ccc(O)cc2)n1. The molecule has 22 heavy (non-hydrogen) atoms. The summed E-state index contributed by atoms with van der Waals surface area (Å²) in [6.07, 6.45) is 1.98. The van der Waals surface area contributed by atoms with Crippen molar-refractivity contribution in [3.63, 3.8) is 0 Å². The zero-order valence-electron chi connectivity index (χ0n) is 13.5. The van der Waals surface area contributed by atoms with Gasteiger partial charge in [0.05, 0.1) is 0 Å². The number of aryl methyl sites for hydroxylation is 1. The van der Waals surface area contributed by atoms with Crippen molar-refractivity contribution in [2.45, 2.75) is 33.6 Å². The number of phenolic OH excluding ortho intramolecular Hbond substituents is 1. The van der Waals surface area contributed by atoms with Gasteiger partial charge in [-0.15, -0.1) is 0 Å². The van der Waals surface area contributed by atoms with Crippen molar-refractivity contribution in [2.75, 3.05) is 23.3 Å². The van der Waals surface area contributed by atoms with Crippen LogP contribution in [0, 0.1) is 0 Å². The Morgan fingerprint density at radius 2 is 1.73 bits per heavy atom. The first-order valence-corrected chi connectivity index (χ1v) is 7.85. The van der Waals surface area contributed by atoms with Crippen LogP contribution in [0.25, 0.3) is 0 Å². The zero-order chi connectivity index (χ0) is 15.9. The fourth-order valence-corrected chi connectivity index (χ4v) is 2.31. The van der Waals surface area contributed by atoms with Gasteiger partial charge in [-0.3, -0.25) is 0 Å². The minimum atomic E-state index is 0.245. The molecule has 0 aliphatic rings. The molecule has 0 aliphatic carbocycles. The number of hydrogen-bond donors (Lipinski definition) is 2. The first kappa shape index (κ1) is 16.1. The normalized spacial score (nSPS) is 10.5. The predicted octanol–water partition coefficient (Wildman–Crippen LogP) is 3.72. The lowest BCUT2D eigenvalue weighted by atomic mass is 10.2. The Morgan fingerprint density at radius 1 is 1.05 bits per heavy atom. The number of nitrogens with one attached hydrogen (secondary N) is 1. The molecule has 0 spiro atoms. The van der Waals surface area contributed by atoms with Gasteiger partial charge < -0.3 is 15.3 Å². The summed E-state index contributed by atoms with van der Waals surface area (Å²) >= 11 is 0. The summed E-state index contributed by atoms with van der Waals surface area (Å²) in [6, 6.07) is 8.97. The number of hydrogen-bond acceptors (Lipinski definition) is 5. The average Bonchev–Trinajstić information content (AvgIpc) is 2.51. The molecule has 118 valence electrons. The van der Waals surface area contributed by atoms with Crippen molar-refractivity contribution < 1.29 is 5.11 Å². The highest BCUT2D eigenvalue weighted by molar-refractivity contribution is 5.56. The Balaban J connectivity index is 2.30. The van der Waals surface area contributed by atoms with Crippen molar-refractivity contribution in [3.8, 4) is 5.75 Å². The Labute approximate surface area is 132 Å². The highest BCUT2D eigenvalue weighted by Crippen LogP contribution is 2.20. The van der Waals surface area contributed by atoms with Crippen molar-refractivity contribution >= 4 is 17.5 Å². The highest BCUT2D eigenvalue weighted by atomic mass is 16.3. The summed E-state index contributed by atoms with van der Waals surface area (Å²) in [7, 11) is 0. The van der Waals surface area contributed by atoms with Crippen molar-refractivity contribution in [1.82, 2.24) is 9.97 Å². The van der Waals surface area contributed by atoms with Crippen LogP contribution >= 0.6 is 0 Å². The number of anilines is 3. The maximum absolute atomic E-state index is 9.35. The zero-order valence-corrected chi connectivity index (χ0v) is 13.5. The van der Waals surface area contributed by atoms with Gasteiger partial charge in [-0.1, -0.05) is 13.3 Å². The van der Waals surface area contributed by atoms with Crippen LogP contribution in [0.3, 0.4) is 0 Å². The minimum absolute atomic E-state index is 0.245. The van der Waals surface area contributed by atoms with Crippen LogP contribution in [0.15, 0.2) is 30.3 Å². The molecule has 2 aromatic rings. The summed E-state index contributed by atoms with van der Waals surface area (Å²) in [5.74, 6) is 1.79. The second-order valence-corrected chi connectivity index (χ2v) is 5.14. The minimum Gasteiger partial charge on any atom is -0.508 e. The van der Waals surface area contributed by atoms with Gasteiger partial charge in [-0.2, -0.15) is 4.98 Å². The number of rotatable bonds is 7. The molecule has 0 fully saturated rings. The van der Waals surface area contributed by atoms with E-state index in [9.17, 15) is 5.11 Å². The molecule has 0 saturated carbocycles. The molecule has 2 rings (SSSR count). The van der Waals surface area contributed by atoms with Crippen LogP contribution in [0.4, 0.5) is 17.5 Å². The molecule has 2 N–H and O–H groups in total. The third-order valence-electron chi connectivity index (χ3n) is 3.48. The topological polar surface area (TPSA) is 61.3 Å². The summed E-state index contributed by atoms with van der Waals surface area (Å²) in [5.41, 5.74) is 1.90. The van der Waals surface area contributed by atoms with Crippen molar-refractivity contribution in [3.05, 3.63) is 36.0 Å². The Hall–Kier alpha value is -2.30. The van der Waals surface area contributed by atoms with E-state index in [1.165, 1.54) is 0 Å². The van der Waals surface area contributed by atoms with Gasteiger partial charge in [0.25, 0.3) is 0 Å². The third kappa shape index (κ3) is 4.10. The van der Waals surface area contributed by atoms with Crippen LogP contribution in [-0.2, 0) is 6.42 Å². The molecule has 1 aromatic carbocycles. The standard InChI is InChI=1S/C17H24N4O/c1-4-7-14-12-16(21(5-2)6-3)20-17(19-14)18-13-8-10-15(22)11-9-13/h8-12,22H,4-7H2,1-3H3,(H,18,19,20). The molecule has 1 heterocycles. The quantitative estimate of drug-likeness (QED) is 0.763. The first-order valence-electron chi connectivity index (χ1n) is 7.85. The van der Waals surface area contributed by atoms with E-state index in [2.05, 4.69) is 47.0 Å². The molecule has 0 unspecified atom stereocenters. The smallest absolute Gasteiger partial charge is 0.229 e. The summed E-state index contributed by atoms with van der Waals surface area (Å²) in [5, 5.41) is 12.6. The number of benzene rings is 1. The maximum atomic E-state index is 9.35. The van der Waals surface area contributed by atoms with Gasteiger partial charge in [0, 0.05) is 30.5 Å². The van der Waals surface area contributed by atoms with Crippen LogP contribution in [0.1, 0.15) is 32.9 Å². The van der Waals surface area contributed by atoms with E-state index in [0.29, 0.717) is 5.95 Å². The van der Waals surface area contributed by atoms with E-state index in [-0.39, 0.29) is 5.75 Å². The van der Waals surface area contributed by atoms with Gasteiger partial charge in [-0.25, -0.2) is 4.98 Å². The van der Waals surface area contributed by atoms with E-state index in [0.717, 1.165) is 43.1 Å². The lowest BCUT2D eigenvalue weighted by Gasteiger charge is -2.21. The van der Waals surface area contributed by atoms with Crippen molar-refractivity contribution in [1.29, 1.82) is 0 Å². The molecule has 0 radical (unpaired) electrons. The number of nitrogens with zero attached hydrogens (tertiary/aromatic N) is 3. The molecule has 1 aromatic heterocycles. The molecule has 5 nitrogen and oxygen atoms in total. The number of aromatic hydroxyl groups is 1. The molecule has 0 amide bonds. The fourth-order valence-electron chi connectivity index (χ4n) is 2.31. The summed E-state index contributed by atoms with van der Waals surface area (Å²) in [4.78, 5) is 11.4. The van der Waals surface area contributed by atoms with Crippen LogP contribution < -0.4 is 10.2 Å². The first-order chi connectivity index (χ1) is 10.7. The van der Waals surface area contributed by atoms with Gasteiger partial charge in [0.1, 0.15) is 11.6 Å². The van der Waals surface area contributed by atoms with E-state index >= 15 is 0 Å². The summed E-state index contributed by atoms with van der Waals surface area (Å²) in [6.45, 7) is 8.22. The van der Waals surface area contributed by atoms with Gasteiger partial charge >= 0.3 is 0 Å². The fraction of sp³-hybridized carbons (Fsp3) is 0.412. The molecule has 0 saturated heterocycles. The monoisotopic (exact) mass is 300 g/mol. The Bertz CT molecular complexity index is 594. The molecular weight excluding hydrogens is 276 g/mol. The molecule has 0 bridgehead atoms. The molecular formula is C17H24N4O. The van der Waals surface area contributed by atoms with Crippen molar-refractivity contribution in [2.24, 2.45) is 0 Å². The molecule has 0 atom stereocenters. The second-order valence-electron chi connectivity index (χ2n) is 5.14. The second kappa shape index (κ2) is 7.64. The average molecular weight is 300 g/mol. The van der Waals surface area contributed by atoms with Crippen LogP contribution in [0.5, 0.6) is 5.75 Å².